The van der Waals surface area contributed by atoms with Crippen LogP contribution >= 0.6 is 0 Å². The summed E-state index contributed by atoms with van der Waals surface area (Å²) >= 11 is 0. The van der Waals surface area contributed by atoms with E-state index in [1.54, 1.807) is 53.9 Å². The van der Waals surface area contributed by atoms with Gasteiger partial charge in [0.2, 0.25) is 0 Å². The van der Waals surface area contributed by atoms with Crippen molar-refractivity contribution in [1.82, 2.24) is 4.40 Å². The molecule has 0 fully saturated rings. The first-order chi connectivity index (χ1) is 20.2. The lowest BCUT2D eigenvalue weighted by Gasteiger charge is -2.24. The van der Waals surface area contributed by atoms with E-state index in [-0.39, 0.29) is 34.9 Å². The van der Waals surface area contributed by atoms with Crippen LogP contribution in [0.2, 0.25) is 0 Å². The van der Waals surface area contributed by atoms with E-state index < -0.39 is 23.7 Å². The van der Waals surface area contributed by atoms with Crippen LogP contribution < -0.4 is 20.8 Å². The molecule has 1 unspecified atom stereocenters. The topological polar surface area (TPSA) is 157 Å². The Morgan fingerprint density at radius 3 is 2.45 bits per heavy atom. The van der Waals surface area contributed by atoms with Crippen LogP contribution in [0.15, 0.2) is 57.6 Å². The number of carbonyl (C=O) groups is 1. The number of aromatic hydroxyl groups is 2. The maximum Gasteiger partial charge on any atom is 0.365 e. The van der Waals surface area contributed by atoms with Crippen molar-refractivity contribution in [3.8, 4) is 34.1 Å². The van der Waals surface area contributed by atoms with Crippen molar-refractivity contribution >= 4 is 39.2 Å². The van der Waals surface area contributed by atoms with E-state index in [2.05, 4.69) is 5.73 Å². The second-order valence-corrected chi connectivity index (χ2v) is 10.1. The van der Waals surface area contributed by atoms with E-state index in [1.807, 2.05) is 0 Å². The fraction of sp³-hybridized carbons (Fsp3) is 0.226. The van der Waals surface area contributed by atoms with E-state index in [9.17, 15) is 19.8 Å². The molecule has 0 bridgehead atoms. The van der Waals surface area contributed by atoms with E-state index in [0.29, 0.717) is 49.9 Å². The lowest BCUT2D eigenvalue weighted by atomic mass is 9.92. The van der Waals surface area contributed by atoms with Crippen LogP contribution in [-0.2, 0) is 20.7 Å². The van der Waals surface area contributed by atoms with E-state index >= 15 is 0 Å². The summed E-state index contributed by atoms with van der Waals surface area (Å²) in [6, 6.07) is 9.42. The van der Waals surface area contributed by atoms with Crippen molar-refractivity contribution in [3.63, 3.8) is 0 Å². The fourth-order valence-corrected chi connectivity index (χ4v) is 5.54. The van der Waals surface area contributed by atoms with Crippen LogP contribution in [0.3, 0.4) is 0 Å². The Hall–Kier alpha value is -5.16. The maximum absolute atomic E-state index is 13.7. The molecule has 11 nitrogen and oxygen atoms in total. The number of pyridine rings is 1. The Kier molecular flexibility index (Phi) is 6.46. The Morgan fingerprint density at radius 1 is 1.02 bits per heavy atom. The molecule has 1 aliphatic rings. The number of methoxy groups -OCH3 is 3. The minimum Gasteiger partial charge on any atom is -0.504 e. The minimum absolute atomic E-state index is 0.0277. The number of ether oxygens (including phenoxy) is 4. The average molecular weight is 574 g/mol. The molecule has 1 aliphatic carbocycles. The lowest BCUT2D eigenvalue weighted by Crippen LogP contribution is -2.64. The van der Waals surface area contributed by atoms with Crippen molar-refractivity contribution in [2.75, 3.05) is 21.3 Å². The average Bonchev–Trinajstić information content (AvgIpc) is 3.33. The van der Waals surface area contributed by atoms with Gasteiger partial charge in [0.05, 0.1) is 33.3 Å². The number of carbonyl (C=O) groups excluding carboxylic acids is 1. The number of aromatic nitrogens is 1. The first-order valence-electron chi connectivity index (χ1n) is 13.2. The first kappa shape index (κ1) is 27.0. The molecule has 0 saturated carbocycles. The predicted octanol–water partition coefficient (Wildman–Crippen LogP) is 3.38. The highest BCUT2D eigenvalue weighted by atomic mass is 16.6. The van der Waals surface area contributed by atoms with Gasteiger partial charge in [0.15, 0.2) is 35.1 Å². The highest BCUT2D eigenvalue weighted by Crippen LogP contribution is 2.45. The highest BCUT2D eigenvalue weighted by molar-refractivity contribution is 6.17. The number of hydrogen-bond donors (Lipinski definition) is 3. The van der Waals surface area contributed by atoms with Gasteiger partial charge in [-0.1, -0.05) is 6.07 Å². The Balaban J connectivity index is 1.77. The molecule has 2 atom stereocenters. The van der Waals surface area contributed by atoms with Gasteiger partial charge in [-0.15, -0.1) is 0 Å². The summed E-state index contributed by atoms with van der Waals surface area (Å²) in [6.07, 6.45) is 2.72. The Labute approximate surface area is 238 Å². The number of esters is 1. The Morgan fingerprint density at radius 2 is 1.76 bits per heavy atom. The van der Waals surface area contributed by atoms with Gasteiger partial charge in [0, 0.05) is 28.1 Å². The fourth-order valence-electron chi connectivity index (χ4n) is 5.54. The van der Waals surface area contributed by atoms with E-state index in [1.165, 1.54) is 27.4 Å². The summed E-state index contributed by atoms with van der Waals surface area (Å²) in [5, 5.41) is 22.8. The van der Waals surface area contributed by atoms with Crippen molar-refractivity contribution < 1.29 is 44.1 Å². The van der Waals surface area contributed by atoms with Gasteiger partial charge in [0.1, 0.15) is 17.0 Å². The number of rotatable bonds is 6. The first-order valence-corrected chi connectivity index (χ1v) is 13.2. The Bertz CT molecular complexity index is 2000. The van der Waals surface area contributed by atoms with Crippen LogP contribution in [0, 0.1) is 0 Å². The quantitative estimate of drug-likeness (QED) is 0.259. The zero-order valence-electron chi connectivity index (χ0n) is 23.4. The van der Waals surface area contributed by atoms with Gasteiger partial charge < -0.3 is 43.7 Å². The van der Waals surface area contributed by atoms with Gasteiger partial charge in [-0.25, -0.2) is 9.59 Å². The summed E-state index contributed by atoms with van der Waals surface area (Å²) < 4.78 is 29.7. The van der Waals surface area contributed by atoms with Crippen LogP contribution in [0.25, 0.3) is 44.4 Å². The number of fused-ring (bicyclic) bond motifs is 7. The van der Waals surface area contributed by atoms with Gasteiger partial charge in [0.25, 0.3) is 0 Å². The van der Waals surface area contributed by atoms with Gasteiger partial charge in [-0.3, -0.25) is 0 Å². The third kappa shape index (κ3) is 4.08. The molecule has 6 rings (SSSR count). The molecular formula is C31H29N2O9+. The summed E-state index contributed by atoms with van der Waals surface area (Å²) in [4.78, 5) is 26.1. The highest BCUT2D eigenvalue weighted by Gasteiger charge is 2.33. The van der Waals surface area contributed by atoms with Crippen molar-refractivity contribution in [2.24, 2.45) is 0 Å². The largest absolute Gasteiger partial charge is 0.504 e. The molecule has 0 spiro atoms. The molecule has 0 radical (unpaired) electrons. The number of nitrogens with zero attached hydrogens (tertiary/aromatic N) is 1. The normalized spacial score (nSPS) is 15.4. The summed E-state index contributed by atoms with van der Waals surface area (Å²) in [7, 11) is 4.40. The molecule has 2 aromatic carbocycles. The molecular weight excluding hydrogens is 544 g/mol. The van der Waals surface area contributed by atoms with E-state index in [0.717, 1.165) is 0 Å². The van der Waals surface area contributed by atoms with Crippen molar-refractivity contribution in [2.45, 2.75) is 25.5 Å². The summed E-state index contributed by atoms with van der Waals surface area (Å²) in [6.45, 7) is 1.63. The molecule has 0 aliphatic heterocycles. The zero-order chi connectivity index (χ0) is 29.9. The zero-order valence-corrected chi connectivity index (χ0v) is 23.4. The molecule has 216 valence electrons. The van der Waals surface area contributed by atoms with Crippen LogP contribution in [0.1, 0.15) is 18.2 Å². The molecule has 0 amide bonds. The second-order valence-electron chi connectivity index (χ2n) is 10.1. The smallest absolute Gasteiger partial charge is 0.365 e. The van der Waals surface area contributed by atoms with Crippen LogP contribution in [0.4, 0.5) is 0 Å². The SMILES string of the molecule is COC1=Cc2c(oc(=O)c3c2c(-c2ccc(O)c(OC)c2)c2c4cc(OC)c(O)cc4ccn23)CC1OC(=O)[C@H](C)[NH3+]. The predicted molar refractivity (Wildman–Crippen MR) is 154 cm³/mol. The number of quaternary nitrogens is 1. The molecule has 5 N–H and O–H groups in total. The van der Waals surface area contributed by atoms with Crippen LogP contribution in [-0.4, -0.2) is 54.1 Å². The number of phenols is 2. The number of benzene rings is 2. The third-order valence-electron chi connectivity index (χ3n) is 7.53. The molecule has 11 heteroatoms. The van der Waals surface area contributed by atoms with Crippen LogP contribution in [0.5, 0.6) is 23.0 Å². The number of hydrogen-bond acceptors (Lipinski definition) is 9. The maximum atomic E-state index is 13.7. The van der Waals surface area contributed by atoms with Gasteiger partial charge in [-0.2, -0.15) is 0 Å². The summed E-state index contributed by atoms with van der Waals surface area (Å²) in [5.41, 5.74) is 5.93. The second kappa shape index (κ2) is 10.0. The molecule has 0 saturated heterocycles. The number of phenolic OH excluding ortho intramolecular Hbond substituents is 2. The molecule has 42 heavy (non-hydrogen) atoms. The molecule has 3 aromatic heterocycles. The molecule has 5 aromatic rings. The lowest BCUT2D eigenvalue weighted by molar-refractivity contribution is -0.403. The van der Waals surface area contributed by atoms with Crippen molar-refractivity contribution in [1.29, 1.82) is 0 Å². The van der Waals surface area contributed by atoms with Gasteiger partial charge in [-0.05, 0) is 54.3 Å². The third-order valence-corrected chi connectivity index (χ3v) is 7.53. The monoisotopic (exact) mass is 573 g/mol. The van der Waals surface area contributed by atoms with E-state index in [4.69, 9.17) is 23.4 Å². The molecule has 3 heterocycles. The van der Waals surface area contributed by atoms with Crippen molar-refractivity contribution in [3.05, 3.63) is 70.1 Å². The summed E-state index contributed by atoms with van der Waals surface area (Å²) in [5.74, 6) is 0.630. The van der Waals surface area contributed by atoms with Gasteiger partial charge >= 0.3 is 11.6 Å². The minimum atomic E-state index is -0.804. The standard InChI is InChI=1S/C31H28N2O9/c1-14(32)30(36)42-25-13-21-18(12-24(25)40-4)27-26(16-5-6-19(34)22(10-16)38-2)28-17-11-23(39-3)20(35)9-15(17)7-8-33(28)29(27)31(37)41-21/h5-12,14,25,34-35H,13,32H2,1-4H3/p+1/t14-,25?/m0/s1.